The summed E-state index contributed by atoms with van der Waals surface area (Å²) in [5.41, 5.74) is 7.23. The predicted octanol–water partition coefficient (Wildman–Crippen LogP) is 4.44. The second-order valence-corrected chi connectivity index (χ2v) is 5.51. The van der Waals surface area contributed by atoms with Crippen LogP contribution in [0.1, 0.15) is 33.4 Å². The maximum atomic E-state index is 11.2. The Morgan fingerprint density at radius 2 is 1.57 bits per heavy atom. The van der Waals surface area contributed by atoms with Gasteiger partial charge < -0.3 is 5.11 Å². The molecule has 21 heavy (non-hydrogen) atoms. The number of hydrogen-bond acceptors (Lipinski definition) is 1. The van der Waals surface area contributed by atoms with E-state index in [2.05, 4.69) is 6.92 Å². The summed E-state index contributed by atoms with van der Waals surface area (Å²) in [6, 6.07) is 12.2. The van der Waals surface area contributed by atoms with Gasteiger partial charge in [-0.3, -0.25) is 0 Å². The molecule has 0 aliphatic carbocycles. The lowest BCUT2D eigenvalue weighted by Gasteiger charge is -2.13. The van der Waals surface area contributed by atoms with Crippen molar-refractivity contribution in [2.45, 2.75) is 27.7 Å². The van der Waals surface area contributed by atoms with E-state index < -0.39 is 5.97 Å². The number of carbonyl (C=O) groups is 1. The van der Waals surface area contributed by atoms with Crippen molar-refractivity contribution in [2.75, 3.05) is 0 Å². The third kappa shape index (κ3) is 3.40. The van der Waals surface area contributed by atoms with Gasteiger partial charge in [-0.05, 0) is 61.1 Å². The molecule has 0 bridgehead atoms. The molecule has 2 rings (SSSR count). The Labute approximate surface area is 125 Å². The van der Waals surface area contributed by atoms with Gasteiger partial charge in [0.05, 0.1) is 0 Å². The topological polar surface area (TPSA) is 37.3 Å². The first-order valence-corrected chi connectivity index (χ1v) is 6.98. The second-order valence-electron chi connectivity index (χ2n) is 5.51. The molecule has 0 aromatic heterocycles. The van der Waals surface area contributed by atoms with Gasteiger partial charge in [0.2, 0.25) is 0 Å². The Morgan fingerprint density at radius 3 is 2.19 bits per heavy atom. The Morgan fingerprint density at radius 1 is 0.905 bits per heavy atom. The van der Waals surface area contributed by atoms with Gasteiger partial charge >= 0.3 is 5.97 Å². The minimum absolute atomic E-state index is 0.756. The normalized spacial score (nSPS) is 11.5. The van der Waals surface area contributed by atoms with E-state index in [1.54, 1.807) is 0 Å². The molecule has 0 spiro atoms. The fourth-order valence-electron chi connectivity index (χ4n) is 2.38. The molecule has 0 heterocycles. The zero-order chi connectivity index (χ0) is 15.6. The SMILES string of the molecule is Cc1ccc(C)c(/C(=C/C(=O)O)c2ccc(C)c(C)c2)c1. The Hall–Kier alpha value is -2.35. The first-order chi connectivity index (χ1) is 9.88. The summed E-state index contributed by atoms with van der Waals surface area (Å²) in [5.74, 6) is -0.927. The predicted molar refractivity (Wildman–Crippen MR) is 86.5 cm³/mol. The first-order valence-electron chi connectivity index (χ1n) is 6.98. The van der Waals surface area contributed by atoms with Gasteiger partial charge in [0.25, 0.3) is 0 Å². The summed E-state index contributed by atoms with van der Waals surface area (Å²) in [4.78, 5) is 11.2. The van der Waals surface area contributed by atoms with E-state index in [4.69, 9.17) is 0 Å². The highest BCUT2D eigenvalue weighted by atomic mass is 16.4. The quantitative estimate of drug-likeness (QED) is 0.844. The molecule has 108 valence electrons. The van der Waals surface area contributed by atoms with Crippen LogP contribution in [0.3, 0.4) is 0 Å². The molecule has 0 aliphatic rings. The van der Waals surface area contributed by atoms with Crippen LogP contribution < -0.4 is 0 Å². The fraction of sp³-hybridized carbons (Fsp3) is 0.211. The van der Waals surface area contributed by atoms with Crippen LogP contribution in [0, 0.1) is 27.7 Å². The highest BCUT2D eigenvalue weighted by Crippen LogP contribution is 2.28. The molecule has 0 aliphatic heterocycles. The van der Waals surface area contributed by atoms with E-state index in [0.29, 0.717) is 0 Å². The van der Waals surface area contributed by atoms with Crippen LogP contribution in [-0.4, -0.2) is 11.1 Å². The van der Waals surface area contributed by atoms with Gasteiger partial charge in [0.1, 0.15) is 0 Å². The molecule has 0 radical (unpaired) electrons. The van der Waals surface area contributed by atoms with Crippen LogP contribution in [0.15, 0.2) is 42.5 Å². The third-order valence-electron chi connectivity index (χ3n) is 3.77. The van der Waals surface area contributed by atoms with E-state index in [9.17, 15) is 9.90 Å². The summed E-state index contributed by atoms with van der Waals surface area (Å²) in [6.45, 7) is 8.12. The van der Waals surface area contributed by atoms with Crippen molar-refractivity contribution < 1.29 is 9.90 Å². The van der Waals surface area contributed by atoms with Crippen molar-refractivity contribution in [3.05, 3.63) is 75.9 Å². The number of aryl methyl sites for hydroxylation is 4. The van der Waals surface area contributed by atoms with E-state index in [1.165, 1.54) is 11.6 Å². The standard InChI is InChI=1S/C19H20O2/c1-12-5-6-14(3)17(9-12)18(11-19(20)21)16-8-7-13(2)15(4)10-16/h5-11H,1-4H3,(H,20,21)/b18-11+. The van der Waals surface area contributed by atoms with Crippen LogP contribution >= 0.6 is 0 Å². The largest absolute Gasteiger partial charge is 0.478 e. The summed E-state index contributed by atoms with van der Waals surface area (Å²) >= 11 is 0. The van der Waals surface area contributed by atoms with Crippen molar-refractivity contribution in [3.8, 4) is 0 Å². The van der Waals surface area contributed by atoms with Crippen molar-refractivity contribution in [2.24, 2.45) is 0 Å². The van der Waals surface area contributed by atoms with Crippen LogP contribution in [0.4, 0.5) is 0 Å². The zero-order valence-corrected chi connectivity index (χ0v) is 12.9. The fourth-order valence-corrected chi connectivity index (χ4v) is 2.38. The van der Waals surface area contributed by atoms with E-state index in [1.807, 2.05) is 57.2 Å². The molecule has 2 aromatic rings. The number of rotatable bonds is 3. The Balaban J connectivity index is 2.66. The van der Waals surface area contributed by atoms with E-state index in [-0.39, 0.29) is 0 Å². The molecule has 2 aromatic carbocycles. The molecule has 2 nitrogen and oxygen atoms in total. The van der Waals surface area contributed by atoms with Crippen LogP contribution in [-0.2, 0) is 4.79 Å². The number of aliphatic carboxylic acids is 1. The minimum atomic E-state index is -0.927. The molecular weight excluding hydrogens is 260 g/mol. The van der Waals surface area contributed by atoms with Crippen molar-refractivity contribution >= 4 is 11.5 Å². The maximum Gasteiger partial charge on any atom is 0.328 e. The lowest BCUT2D eigenvalue weighted by atomic mass is 9.91. The molecule has 1 N–H and O–H groups in total. The maximum absolute atomic E-state index is 11.2. The minimum Gasteiger partial charge on any atom is -0.478 e. The zero-order valence-electron chi connectivity index (χ0n) is 12.9. The van der Waals surface area contributed by atoms with E-state index in [0.717, 1.165) is 33.4 Å². The summed E-state index contributed by atoms with van der Waals surface area (Å²) in [6.07, 6.45) is 1.30. The molecule has 0 fully saturated rings. The summed E-state index contributed by atoms with van der Waals surface area (Å²) in [7, 11) is 0. The Kier molecular flexibility index (Phi) is 4.27. The number of hydrogen-bond donors (Lipinski definition) is 1. The van der Waals surface area contributed by atoms with Gasteiger partial charge in [-0.1, -0.05) is 42.0 Å². The van der Waals surface area contributed by atoms with Crippen molar-refractivity contribution in [3.63, 3.8) is 0 Å². The van der Waals surface area contributed by atoms with Gasteiger partial charge in [0, 0.05) is 6.08 Å². The smallest absolute Gasteiger partial charge is 0.328 e. The van der Waals surface area contributed by atoms with Gasteiger partial charge in [-0.2, -0.15) is 0 Å². The molecule has 0 saturated heterocycles. The van der Waals surface area contributed by atoms with Crippen LogP contribution in [0.2, 0.25) is 0 Å². The van der Waals surface area contributed by atoms with E-state index >= 15 is 0 Å². The van der Waals surface area contributed by atoms with Crippen LogP contribution in [0.5, 0.6) is 0 Å². The van der Waals surface area contributed by atoms with Gasteiger partial charge in [-0.25, -0.2) is 4.79 Å². The lowest BCUT2D eigenvalue weighted by Crippen LogP contribution is -1.98. The average Bonchev–Trinajstić information content (AvgIpc) is 2.42. The molecule has 0 saturated carbocycles. The molecular formula is C19H20O2. The number of carboxylic acids is 1. The molecule has 0 atom stereocenters. The summed E-state index contributed by atoms with van der Waals surface area (Å²) in [5, 5.41) is 9.21. The van der Waals surface area contributed by atoms with Crippen molar-refractivity contribution in [1.29, 1.82) is 0 Å². The highest BCUT2D eigenvalue weighted by molar-refractivity contribution is 5.96. The van der Waals surface area contributed by atoms with Crippen LogP contribution in [0.25, 0.3) is 5.57 Å². The van der Waals surface area contributed by atoms with Crippen molar-refractivity contribution in [1.82, 2.24) is 0 Å². The molecule has 2 heteroatoms. The lowest BCUT2D eigenvalue weighted by molar-refractivity contribution is -0.131. The molecule has 0 amide bonds. The second kappa shape index (κ2) is 5.96. The first kappa shape index (κ1) is 15.0. The monoisotopic (exact) mass is 280 g/mol. The van der Waals surface area contributed by atoms with Gasteiger partial charge in [0.15, 0.2) is 0 Å². The van der Waals surface area contributed by atoms with Gasteiger partial charge in [-0.15, -0.1) is 0 Å². The highest BCUT2D eigenvalue weighted by Gasteiger charge is 2.11. The number of benzene rings is 2. The third-order valence-corrected chi connectivity index (χ3v) is 3.77. The number of carboxylic acid groups (broad SMARTS) is 1. The Bertz CT molecular complexity index is 724. The molecule has 0 unspecified atom stereocenters. The average molecular weight is 280 g/mol. The summed E-state index contributed by atoms with van der Waals surface area (Å²) < 4.78 is 0.